The molecule has 26 heavy (non-hydrogen) atoms. The summed E-state index contributed by atoms with van der Waals surface area (Å²) < 4.78 is 3.26. The molecule has 0 bridgehead atoms. The topological polar surface area (TPSA) is 121 Å². The van der Waals surface area contributed by atoms with Crippen LogP contribution in [0.4, 0.5) is 0 Å². The number of rotatable bonds is 14. The van der Waals surface area contributed by atoms with Gasteiger partial charge in [-0.1, -0.05) is 19.8 Å². The highest BCUT2D eigenvalue weighted by molar-refractivity contribution is 5.86. The summed E-state index contributed by atoms with van der Waals surface area (Å²) in [6.45, 7) is 2.77. The normalized spacial score (nSPS) is 12.2. The smallest absolute Gasteiger partial charge is 0.138 e. The predicted octanol–water partition coefficient (Wildman–Crippen LogP) is 1.57. The fourth-order valence-electron chi connectivity index (χ4n) is 2.78. The molecule has 0 amide bonds. The van der Waals surface area contributed by atoms with E-state index in [1.54, 1.807) is 15.7 Å². The fraction of sp³-hybridized carbons (Fsp3) is 0.750. The highest BCUT2D eigenvalue weighted by atomic mass is 16.1. The third-order valence-corrected chi connectivity index (χ3v) is 4.26. The quantitative estimate of drug-likeness (QED) is 0.464. The number of Topliss-reactive ketones (excluding diaryl/α,β-unsaturated/α-hetero) is 2. The van der Waals surface area contributed by atoms with E-state index in [4.69, 9.17) is 0 Å². The Bertz CT molecular complexity index is 641. The Kier molecular flexibility index (Phi) is 8.50. The highest BCUT2D eigenvalue weighted by Crippen LogP contribution is 2.19. The molecule has 0 saturated heterocycles. The summed E-state index contributed by atoms with van der Waals surface area (Å²) in [5, 5.41) is 22.2. The zero-order chi connectivity index (χ0) is 18.6. The second-order valence-corrected chi connectivity index (χ2v) is 6.40. The van der Waals surface area contributed by atoms with Crippen LogP contribution < -0.4 is 0 Å². The van der Waals surface area contributed by atoms with Gasteiger partial charge in [0, 0.05) is 32.2 Å². The van der Waals surface area contributed by atoms with E-state index >= 15 is 0 Å². The number of hydrogen-bond donors (Lipinski definition) is 0. The molecule has 0 aliphatic carbocycles. The zero-order valence-corrected chi connectivity index (χ0v) is 15.2. The summed E-state index contributed by atoms with van der Waals surface area (Å²) in [6, 6.07) is -0.121. The van der Waals surface area contributed by atoms with Gasteiger partial charge in [-0.05, 0) is 40.1 Å². The Hall–Kier alpha value is -2.52. The monoisotopic (exact) mass is 362 g/mol. The summed E-state index contributed by atoms with van der Waals surface area (Å²) in [5.74, 6) is 0.237. The SMILES string of the molecule is CCCCCC(=O)CCC(=O)CC(CCCn1cnnn1)n1cnnn1. The molecule has 10 nitrogen and oxygen atoms in total. The molecule has 0 N–H and O–H groups in total. The van der Waals surface area contributed by atoms with E-state index in [0.717, 1.165) is 32.1 Å². The van der Waals surface area contributed by atoms with Crippen LogP contribution in [-0.4, -0.2) is 52.0 Å². The third kappa shape index (κ3) is 7.16. The van der Waals surface area contributed by atoms with Gasteiger partial charge in [0.15, 0.2) is 0 Å². The number of aryl methyl sites for hydroxylation is 1. The Morgan fingerprint density at radius 2 is 1.69 bits per heavy atom. The van der Waals surface area contributed by atoms with Gasteiger partial charge < -0.3 is 0 Å². The van der Waals surface area contributed by atoms with Crippen LogP contribution in [0.25, 0.3) is 0 Å². The molecule has 0 saturated carbocycles. The van der Waals surface area contributed by atoms with Gasteiger partial charge in [-0.25, -0.2) is 9.36 Å². The number of hydrogen-bond acceptors (Lipinski definition) is 8. The van der Waals surface area contributed by atoms with Crippen LogP contribution >= 0.6 is 0 Å². The highest BCUT2D eigenvalue weighted by Gasteiger charge is 2.18. The van der Waals surface area contributed by atoms with Gasteiger partial charge in [0.1, 0.15) is 24.2 Å². The molecule has 0 aliphatic heterocycles. The Morgan fingerprint density at radius 3 is 2.38 bits per heavy atom. The van der Waals surface area contributed by atoms with E-state index in [-0.39, 0.29) is 24.0 Å². The van der Waals surface area contributed by atoms with Crippen LogP contribution in [0.2, 0.25) is 0 Å². The van der Waals surface area contributed by atoms with E-state index in [9.17, 15) is 9.59 Å². The number of unbranched alkanes of at least 4 members (excludes halogenated alkanes) is 2. The summed E-state index contributed by atoms with van der Waals surface area (Å²) in [7, 11) is 0. The molecule has 0 fully saturated rings. The van der Waals surface area contributed by atoms with Crippen molar-refractivity contribution in [3.63, 3.8) is 0 Å². The molecule has 1 unspecified atom stereocenters. The fourth-order valence-corrected chi connectivity index (χ4v) is 2.78. The van der Waals surface area contributed by atoms with E-state index in [1.807, 2.05) is 0 Å². The van der Waals surface area contributed by atoms with Crippen LogP contribution in [0.3, 0.4) is 0 Å². The zero-order valence-electron chi connectivity index (χ0n) is 15.2. The van der Waals surface area contributed by atoms with Gasteiger partial charge in [0.2, 0.25) is 0 Å². The largest absolute Gasteiger partial charge is 0.300 e. The van der Waals surface area contributed by atoms with Crippen molar-refractivity contribution in [2.24, 2.45) is 0 Å². The maximum Gasteiger partial charge on any atom is 0.138 e. The van der Waals surface area contributed by atoms with E-state index in [2.05, 4.69) is 38.0 Å². The summed E-state index contributed by atoms with van der Waals surface area (Å²) >= 11 is 0. The van der Waals surface area contributed by atoms with Crippen molar-refractivity contribution in [2.45, 2.75) is 77.3 Å². The van der Waals surface area contributed by atoms with E-state index in [1.165, 1.54) is 6.33 Å². The van der Waals surface area contributed by atoms with Gasteiger partial charge in [-0.2, -0.15) is 0 Å². The molecule has 0 spiro atoms. The number of tetrazole rings is 2. The molecule has 2 heterocycles. The van der Waals surface area contributed by atoms with Gasteiger partial charge >= 0.3 is 0 Å². The number of carbonyl (C=O) groups excluding carboxylic acids is 2. The number of nitrogens with zero attached hydrogens (tertiary/aromatic N) is 8. The lowest BCUT2D eigenvalue weighted by molar-refractivity contribution is -0.124. The van der Waals surface area contributed by atoms with Crippen molar-refractivity contribution in [3.05, 3.63) is 12.7 Å². The summed E-state index contributed by atoms with van der Waals surface area (Å²) in [6.07, 6.45) is 9.16. The van der Waals surface area contributed by atoms with Gasteiger partial charge in [0.25, 0.3) is 0 Å². The van der Waals surface area contributed by atoms with Crippen LogP contribution in [0.15, 0.2) is 12.7 Å². The lowest BCUT2D eigenvalue weighted by atomic mass is 10.0. The van der Waals surface area contributed by atoms with Crippen molar-refractivity contribution in [1.29, 1.82) is 0 Å². The second kappa shape index (κ2) is 11.2. The van der Waals surface area contributed by atoms with Crippen molar-refractivity contribution in [1.82, 2.24) is 40.4 Å². The average Bonchev–Trinajstić information content (AvgIpc) is 3.33. The standard InChI is InChI=1S/C16H26N8O2/c1-2-3-4-7-15(25)8-9-16(26)11-14(24-13-18-20-22-24)6-5-10-23-12-17-19-21-23/h12-14H,2-11H2,1H3. The van der Waals surface area contributed by atoms with E-state index < -0.39 is 0 Å². The first-order valence-corrected chi connectivity index (χ1v) is 9.15. The number of ketones is 2. The van der Waals surface area contributed by atoms with Crippen molar-refractivity contribution >= 4 is 11.6 Å². The van der Waals surface area contributed by atoms with Crippen LogP contribution in [0, 0.1) is 0 Å². The Labute approximate surface area is 152 Å². The molecule has 2 rings (SSSR count). The molecule has 0 aromatic carbocycles. The molecule has 2 aromatic heterocycles. The molecule has 0 aliphatic rings. The molecular weight excluding hydrogens is 336 g/mol. The first-order chi connectivity index (χ1) is 12.7. The van der Waals surface area contributed by atoms with Gasteiger partial charge in [0.05, 0.1) is 6.04 Å². The van der Waals surface area contributed by atoms with Gasteiger partial charge in [-0.15, -0.1) is 10.2 Å². The van der Waals surface area contributed by atoms with Crippen molar-refractivity contribution < 1.29 is 9.59 Å². The van der Waals surface area contributed by atoms with Crippen LogP contribution in [0.1, 0.15) is 70.8 Å². The first kappa shape index (κ1) is 19.8. The maximum absolute atomic E-state index is 12.3. The lowest BCUT2D eigenvalue weighted by Gasteiger charge is -2.15. The minimum absolute atomic E-state index is 0.0664. The second-order valence-electron chi connectivity index (χ2n) is 6.40. The summed E-state index contributed by atoms with van der Waals surface area (Å²) in [4.78, 5) is 24.1. The molecule has 10 heteroatoms. The number of carbonyl (C=O) groups is 2. The van der Waals surface area contributed by atoms with E-state index in [0.29, 0.717) is 25.8 Å². The Morgan fingerprint density at radius 1 is 0.923 bits per heavy atom. The minimum Gasteiger partial charge on any atom is -0.300 e. The van der Waals surface area contributed by atoms with Crippen molar-refractivity contribution in [2.75, 3.05) is 0 Å². The third-order valence-electron chi connectivity index (χ3n) is 4.26. The van der Waals surface area contributed by atoms with Crippen molar-refractivity contribution in [3.8, 4) is 0 Å². The number of aromatic nitrogens is 8. The van der Waals surface area contributed by atoms with Crippen LogP contribution in [-0.2, 0) is 16.1 Å². The molecule has 142 valence electrons. The summed E-state index contributed by atoms with van der Waals surface area (Å²) in [5.41, 5.74) is 0. The minimum atomic E-state index is -0.121. The average molecular weight is 362 g/mol. The predicted molar refractivity (Wildman–Crippen MR) is 91.9 cm³/mol. The first-order valence-electron chi connectivity index (χ1n) is 9.15. The molecular formula is C16H26N8O2. The molecule has 1 atom stereocenters. The van der Waals surface area contributed by atoms with Gasteiger partial charge in [-0.3, -0.25) is 9.59 Å². The molecule has 2 aromatic rings. The molecule has 0 radical (unpaired) electrons. The maximum atomic E-state index is 12.3. The lowest BCUT2D eigenvalue weighted by Crippen LogP contribution is -2.16. The Balaban J connectivity index is 1.76. The van der Waals surface area contributed by atoms with Crippen LogP contribution in [0.5, 0.6) is 0 Å².